The van der Waals surface area contributed by atoms with E-state index < -0.39 is 48.0 Å². The van der Waals surface area contributed by atoms with Crippen LogP contribution in [0.4, 0.5) is 0 Å². The van der Waals surface area contributed by atoms with Crippen molar-refractivity contribution in [3.8, 4) is 0 Å². The van der Waals surface area contributed by atoms with Crippen LogP contribution < -0.4 is 10.9 Å². The average molecular weight is 657 g/mol. The Morgan fingerprint density at radius 2 is 1.23 bits per heavy atom. The van der Waals surface area contributed by atoms with Gasteiger partial charge in [-0.25, -0.2) is 0 Å². The summed E-state index contributed by atoms with van der Waals surface area (Å²) in [5, 5.41) is 10.6. The molecule has 0 fully saturated rings. The zero-order valence-corrected chi connectivity index (χ0v) is 30.7. The molecule has 0 saturated carbocycles. The van der Waals surface area contributed by atoms with Gasteiger partial charge in [0.25, 0.3) is 0 Å². The molecule has 0 spiro atoms. The van der Waals surface area contributed by atoms with Gasteiger partial charge in [-0.05, 0) is 46.6 Å². The highest BCUT2D eigenvalue weighted by molar-refractivity contribution is 5.70. The van der Waals surface area contributed by atoms with Crippen molar-refractivity contribution in [2.75, 3.05) is 0 Å². The van der Waals surface area contributed by atoms with Crippen molar-refractivity contribution in [1.82, 2.24) is 0 Å². The van der Waals surface area contributed by atoms with Crippen LogP contribution in [0.2, 0.25) is 0 Å². The zero-order valence-electron chi connectivity index (χ0n) is 30.7. The number of hydrogen-bond donors (Lipinski definition) is 1. The third-order valence-corrected chi connectivity index (χ3v) is 9.45. The molecule has 0 bridgehead atoms. The van der Waals surface area contributed by atoms with Crippen molar-refractivity contribution in [2.24, 2.45) is 5.92 Å². The lowest BCUT2D eigenvalue weighted by Crippen LogP contribution is -2.40. The van der Waals surface area contributed by atoms with Crippen LogP contribution in [-0.2, 0) is 25.5 Å². The molecule has 2 aromatic rings. The van der Waals surface area contributed by atoms with Crippen molar-refractivity contribution in [3.63, 3.8) is 0 Å². The highest BCUT2D eigenvalue weighted by Crippen LogP contribution is 2.36. The van der Waals surface area contributed by atoms with E-state index in [0.717, 1.165) is 0 Å². The van der Waals surface area contributed by atoms with Crippen LogP contribution in [0, 0.1) is 33.6 Å². The van der Waals surface area contributed by atoms with Crippen LogP contribution in [0.25, 0.3) is 0 Å². The molecule has 9 heteroatoms. The van der Waals surface area contributed by atoms with Gasteiger partial charge in [-0.2, -0.15) is 0 Å². The first-order valence-corrected chi connectivity index (χ1v) is 17.0. The minimum absolute atomic E-state index is 0.0567. The van der Waals surface area contributed by atoms with Crippen LogP contribution in [0.3, 0.4) is 0 Å². The molecule has 0 amide bonds. The maximum Gasteiger partial charge on any atom is 0.306 e. The monoisotopic (exact) mass is 656 g/mol. The third-order valence-electron chi connectivity index (χ3n) is 9.45. The fourth-order valence-corrected chi connectivity index (χ4v) is 6.38. The molecule has 0 aliphatic carbocycles. The Kier molecular flexibility index (Phi) is 14.4. The van der Waals surface area contributed by atoms with Crippen molar-refractivity contribution >= 4 is 11.9 Å². The molecule has 2 aromatic heterocycles. The predicted octanol–water partition coefficient (Wildman–Crippen LogP) is 7.40. The van der Waals surface area contributed by atoms with E-state index in [1.54, 1.807) is 41.5 Å². The molecule has 262 valence electrons. The summed E-state index contributed by atoms with van der Waals surface area (Å²) in [5.74, 6) is -0.912. The highest BCUT2D eigenvalue weighted by Gasteiger charge is 2.39. The molecule has 9 nitrogen and oxygen atoms in total. The Bertz CT molecular complexity index is 1560. The summed E-state index contributed by atoms with van der Waals surface area (Å²) in [5.41, 5.74) is 2.38. The van der Waals surface area contributed by atoms with Crippen LogP contribution >= 0.6 is 0 Å². The minimum atomic E-state index is -0.856. The Morgan fingerprint density at radius 3 is 1.74 bits per heavy atom. The van der Waals surface area contributed by atoms with Crippen LogP contribution in [0.15, 0.2) is 30.1 Å². The average Bonchev–Trinajstić information content (AvgIpc) is 3.05. The highest BCUT2D eigenvalue weighted by atomic mass is 16.6. The van der Waals surface area contributed by atoms with Gasteiger partial charge in [-0.3, -0.25) is 19.2 Å². The number of esters is 2. The van der Waals surface area contributed by atoms with E-state index in [0.29, 0.717) is 63.7 Å². The second kappa shape index (κ2) is 17.1. The van der Waals surface area contributed by atoms with Gasteiger partial charge in [-0.15, -0.1) is 0 Å². The molecular weight excluding hydrogens is 600 g/mol. The molecule has 0 radical (unpaired) electrons. The van der Waals surface area contributed by atoms with E-state index >= 15 is 0 Å². The third kappa shape index (κ3) is 8.92. The number of aryl methyl sites for hydroxylation is 1. The minimum Gasteiger partial charge on any atom is -0.465 e. The molecular formula is C38H56O9. The number of aliphatic hydroxyl groups is 1. The maximum absolute atomic E-state index is 13.4. The fourth-order valence-electron chi connectivity index (χ4n) is 6.38. The molecule has 7 atom stereocenters. The number of hydrogen-bond acceptors (Lipinski definition) is 9. The zero-order chi connectivity index (χ0) is 35.9. The number of carbonyl (C=O) groups is 2. The van der Waals surface area contributed by atoms with Crippen molar-refractivity contribution in [3.05, 3.63) is 77.4 Å². The molecule has 0 saturated heterocycles. The van der Waals surface area contributed by atoms with Crippen molar-refractivity contribution in [2.45, 2.75) is 152 Å². The standard InChI is InChI=1S/C38H56O9/c1-14-28(39)21(7)36-24(10)33(43)25(11)37(47-36)27(13)38(46-31(41)17-4)26(12)35(45-30(40)16-3)20(6)18-19(5)34-23(9)32(42)22(8)29(15-2)44-34/h18-19,21,26-28,35,38-39H,14-17H2,1-13H3/b20-18+/t19-,21+,26+,27+,28+,35-,38-/m0/s1. The SMILES string of the molecule is CCC(=O)O[C@@H]([C@H](C)[C@@H](OC(=O)CC)/C(C)=C/[C@H](C)c1oc(CC)c(C)c(=O)c1C)[C@H](C)c1oc([C@H](C)[C@H](O)CC)c(C)c(=O)c1C. The summed E-state index contributed by atoms with van der Waals surface area (Å²) in [4.78, 5) is 52.1. The Morgan fingerprint density at radius 1 is 0.745 bits per heavy atom. The van der Waals surface area contributed by atoms with Gasteiger partial charge in [0.1, 0.15) is 35.2 Å². The summed E-state index contributed by atoms with van der Waals surface area (Å²) in [7, 11) is 0. The summed E-state index contributed by atoms with van der Waals surface area (Å²) >= 11 is 0. The molecule has 0 unspecified atom stereocenters. The second-order valence-corrected chi connectivity index (χ2v) is 12.9. The van der Waals surface area contributed by atoms with Gasteiger partial charge >= 0.3 is 11.9 Å². The molecule has 2 heterocycles. The van der Waals surface area contributed by atoms with E-state index in [1.807, 2.05) is 54.5 Å². The lowest BCUT2D eigenvalue weighted by atomic mass is 9.82. The van der Waals surface area contributed by atoms with Crippen LogP contribution in [0.5, 0.6) is 0 Å². The van der Waals surface area contributed by atoms with Crippen LogP contribution in [0.1, 0.15) is 145 Å². The van der Waals surface area contributed by atoms with Crippen LogP contribution in [-0.4, -0.2) is 35.4 Å². The first kappa shape index (κ1) is 39.7. The first-order valence-electron chi connectivity index (χ1n) is 17.0. The normalized spacial score (nSPS) is 16.5. The molecule has 0 aliphatic heterocycles. The lowest BCUT2D eigenvalue weighted by Gasteiger charge is -2.35. The fraction of sp³-hybridized carbons (Fsp3) is 0.632. The summed E-state index contributed by atoms with van der Waals surface area (Å²) in [6.07, 6.45) is 0.847. The van der Waals surface area contributed by atoms with Gasteiger partial charge in [0.15, 0.2) is 10.9 Å². The van der Waals surface area contributed by atoms with E-state index in [9.17, 15) is 24.3 Å². The maximum atomic E-state index is 13.4. The summed E-state index contributed by atoms with van der Waals surface area (Å²) < 4.78 is 24.7. The quantitative estimate of drug-likeness (QED) is 0.154. The number of carbonyl (C=O) groups excluding carboxylic acids is 2. The molecule has 47 heavy (non-hydrogen) atoms. The molecule has 0 aliphatic rings. The van der Waals surface area contributed by atoms with E-state index in [2.05, 4.69) is 0 Å². The topological polar surface area (TPSA) is 133 Å². The second-order valence-electron chi connectivity index (χ2n) is 12.9. The number of ether oxygens (including phenoxy) is 2. The summed E-state index contributed by atoms with van der Waals surface area (Å²) in [6, 6.07) is 0. The Balaban J connectivity index is 2.73. The summed E-state index contributed by atoms with van der Waals surface area (Å²) in [6.45, 7) is 23.3. The van der Waals surface area contributed by atoms with E-state index in [4.69, 9.17) is 18.3 Å². The Hall–Kier alpha value is -3.46. The van der Waals surface area contributed by atoms with Crippen molar-refractivity contribution in [1.29, 1.82) is 0 Å². The molecule has 0 aromatic carbocycles. The number of rotatable bonds is 15. The molecule has 2 rings (SSSR count). The number of allylic oxidation sites excluding steroid dienone is 1. The smallest absolute Gasteiger partial charge is 0.306 e. The van der Waals surface area contributed by atoms with Gasteiger partial charge < -0.3 is 23.4 Å². The van der Waals surface area contributed by atoms with Crippen molar-refractivity contribution < 1.29 is 33.0 Å². The van der Waals surface area contributed by atoms with E-state index in [1.165, 1.54) is 0 Å². The molecule has 1 N–H and O–H groups in total. The van der Waals surface area contributed by atoms with E-state index in [-0.39, 0.29) is 29.6 Å². The van der Waals surface area contributed by atoms with Gasteiger partial charge in [0.2, 0.25) is 0 Å². The first-order chi connectivity index (χ1) is 22.0. The van der Waals surface area contributed by atoms with Gasteiger partial charge in [0.05, 0.1) is 12.0 Å². The largest absolute Gasteiger partial charge is 0.465 e. The van der Waals surface area contributed by atoms with Gasteiger partial charge in [-0.1, -0.05) is 61.5 Å². The Labute approximate surface area is 279 Å². The predicted molar refractivity (Wildman–Crippen MR) is 183 cm³/mol. The number of aliphatic hydroxyl groups excluding tert-OH is 1. The lowest BCUT2D eigenvalue weighted by molar-refractivity contribution is -0.160. The van der Waals surface area contributed by atoms with Gasteiger partial charge in [0, 0.05) is 59.3 Å².